The SMILES string of the molecule is CC(C)CC(CN(C)C)Nc1nnccc1C(N)=S. The summed E-state index contributed by atoms with van der Waals surface area (Å²) in [7, 11) is 4.11. The molecule has 0 spiro atoms. The zero-order chi connectivity index (χ0) is 14.4. The van der Waals surface area contributed by atoms with Crippen LogP contribution in [0.2, 0.25) is 0 Å². The molecule has 0 aliphatic heterocycles. The fourth-order valence-corrected chi connectivity index (χ4v) is 2.18. The largest absolute Gasteiger partial charge is 0.389 e. The first-order chi connectivity index (χ1) is 8.90. The second kappa shape index (κ2) is 7.35. The lowest BCUT2D eigenvalue weighted by atomic mass is 10.0. The van der Waals surface area contributed by atoms with E-state index in [1.54, 1.807) is 12.3 Å². The lowest BCUT2D eigenvalue weighted by molar-refractivity contribution is 0.356. The second-order valence-corrected chi connectivity index (χ2v) is 5.83. The maximum Gasteiger partial charge on any atom is 0.159 e. The molecule has 0 aliphatic rings. The predicted octanol–water partition coefficient (Wildman–Crippen LogP) is 1.50. The topological polar surface area (TPSA) is 67.1 Å². The molecule has 0 bridgehead atoms. The summed E-state index contributed by atoms with van der Waals surface area (Å²) >= 11 is 5.04. The smallest absolute Gasteiger partial charge is 0.159 e. The third kappa shape index (κ3) is 5.48. The van der Waals surface area contributed by atoms with Crippen molar-refractivity contribution >= 4 is 23.0 Å². The highest BCUT2D eigenvalue weighted by molar-refractivity contribution is 7.80. The van der Waals surface area contributed by atoms with E-state index in [-0.39, 0.29) is 0 Å². The molecule has 5 nitrogen and oxygen atoms in total. The van der Waals surface area contributed by atoms with Gasteiger partial charge in [-0.15, -0.1) is 5.10 Å². The molecule has 0 fully saturated rings. The van der Waals surface area contributed by atoms with Crippen molar-refractivity contribution in [2.24, 2.45) is 11.7 Å². The van der Waals surface area contributed by atoms with E-state index in [1.807, 2.05) is 0 Å². The molecule has 1 rings (SSSR count). The van der Waals surface area contributed by atoms with Crippen LogP contribution in [0.25, 0.3) is 0 Å². The van der Waals surface area contributed by atoms with Gasteiger partial charge in [-0.05, 0) is 32.5 Å². The molecule has 1 atom stereocenters. The fraction of sp³-hybridized carbons (Fsp3) is 0.615. The Morgan fingerprint density at radius 3 is 2.68 bits per heavy atom. The van der Waals surface area contributed by atoms with Crippen LogP contribution in [0, 0.1) is 5.92 Å². The van der Waals surface area contributed by atoms with E-state index in [9.17, 15) is 0 Å². The minimum absolute atomic E-state index is 0.291. The summed E-state index contributed by atoms with van der Waals surface area (Å²) in [4.78, 5) is 2.49. The maximum absolute atomic E-state index is 5.71. The molecule has 3 N–H and O–H groups in total. The highest BCUT2D eigenvalue weighted by Gasteiger charge is 2.15. The lowest BCUT2D eigenvalue weighted by Gasteiger charge is -2.25. The highest BCUT2D eigenvalue weighted by atomic mass is 32.1. The minimum atomic E-state index is 0.291. The van der Waals surface area contributed by atoms with Crippen molar-refractivity contribution in [1.29, 1.82) is 0 Å². The van der Waals surface area contributed by atoms with Crippen LogP contribution in [-0.2, 0) is 0 Å². The Hall–Kier alpha value is -1.27. The van der Waals surface area contributed by atoms with E-state index >= 15 is 0 Å². The molecule has 0 radical (unpaired) electrons. The third-order valence-electron chi connectivity index (χ3n) is 2.67. The van der Waals surface area contributed by atoms with Crippen LogP contribution in [0.3, 0.4) is 0 Å². The van der Waals surface area contributed by atoms with Gasteiger partial charge in [0.2, 0.25) is 0 Å². The standard InChI is InChI=1S/C13H23N5S/c1-9(2)7-10(8-18(3)4)16-13-11(12(14)19)5-6-15-17-13/h5-6,9-10H,7-8H2,1-4H3,(H2,14,19)(H,16,17). The van der Waals surface area contributed by atoms with Crippen LogP contribution in [0.15, 0.2) is 12.3 Å². The molecule has 0 saturated carbocycles. The summed E-state index contributed by atoms with van der Waals surface area (Å²) in [5.41, 5.74) is 6.45. The van der Waals surface area contributed by atoms with Crippen LogP contribution in [-0.4, -0.2) is 46.8 Å². The first-order valence-electron chi connectivity index (χ1n) is 6.43. The maximum atomic E-state index is 5.71. The van der Waals surface area contributed by atoms with Crippen LogP contribution >= 0.6 is 12.2 Å². The van der Waals surface area contributed by atoms with Gasteiger partial charge in [0.15, 0.2) is 5.82 Å². The summed E-state index contributed by atoms with van der Waals surface area (Å²) < 4.78 is 0. The Labute approximate surface area is 120 Å². The Kier molecular flexibility index (Phi) is 6.11. The van der Waals surface area contributed by atoms with Crippen molar-refractivity contribution in [2.75, 3.05) is 26.0 Å². The Balaban J connectivity index is 2.86. The van der Waals surface area contributed by atoms with E-state index in [4.69, 9.17) is 18.0 Å². The molecular formula is C13H23N5S. The fourth-order valence-electron chi connectivity index (χ4n) is 2.02. The Morgan fingerprint density at radius 2 is 2.16 bits per heavy atom. The van der Waals surface area contributed by atoms with E-state index in [2.05, 4.69) is 48.4 Å². The van der Waals surface area contributed by atoms with Gasteiger partial charge >= 0.3 is 0 Å². The number of nitrogens with zero attached hydrogens (tertiary/aromatic N) is 3. The monoisotopic (exact) mass is 281 g/mol. The molecule has 0 aliphatic carbocycles. The van der Waals surface area contributed by atoms with Crippen molar-refractivity contribution < 1.29 is 0 Å². The number of thiocarbonyl (C=S) groups is 1. The average molecular weight is 281 g/mol. The van der Waals surface area contributed by atoms with E-state index in [0.717, 1.165) is 18.5 Å². The second-order valence-electron chi connectivity index (χ2n) is 5.39. The van der Waals surface area contributed by atoms with Crippen LogP contribution in [0.4, 0.5) is 5.82 Å². The van der Waals surface area contributed by atoms with Crippen molar-refractivity contribution in [2.45, 2.75) is 26.3 Å². The number of anilines is 1. The molecule has 0 amide bonds. The number of nitrogens with one attached hydrogen (secondary N) is 1. The molecular weight excluding hydrogens is 258 g/mol. The number of hydrogen-bond donors (Lipinski definition) is 2. The lowest BCUT2D eigenvalue weighted by Crippen LogP contribution is -2.34. The summed E-state index contributed by atoms with van der Waals surface area (Å²) in [5.74, 6) is 1.27. The quantitative estimate of drug-likeness (QED) is 0.738. The van der Waals surface area contributed by atoms with Gasteiger partial charge in [0, 0.05) is 12.6 Å². The summed E-state index contributed by atoms with van der Waals surface area (Å²) in [6, 6.07) is 2.08. The normalized spacial score (nSPS) is 12.7. The zero-order valence-electron chi connectivity index (χ0n) is 12.1. The number of hydrogen-bond acceptors (Lipinski definition) is 5. The zero-order valence-corrected chi connectivity index (χ0v) is 12.9. The predicted molar refractivity (Wildman–Crippen MR) is 83.3 cm³/mol. The summed E-state index contributed by atoms with van der Waals surface area (Å²) in [6.45, 7) is 5.33. The van der Waals surface area contributed by atoms with Crippen LogP contribution < -0.4 is 11.1 Å². The number of nitrogens with two attached hydrogens (primary N) is 1. The molecule has 6 heteroatoms. The first-order valence-corrected chi connectivity index (χ1v) is 6.83. The Bertz CT molecular complexity index is 409. The van der Waals surface area contributed by atoms with Crippen LogP contribution in [0.1, 0.15) is 25.8 Å². The molecule has 106 valence electrons. The van der Waals surface area contributed by atoms with Gasteiger partial charge < -0.3 is 16.0 Å². The third-order valence-corrected chi connectivity index (χ3v) is 2.89. The van der Waals surface area contributed by atoms with Gasteiger partial charge in [-0.25, -0.2) is 0 Å². The highest BCUT2D eigenvalue weighted by Crippen LogP contribution is 2.15. The first kappa shape index (κ1) is 15.8. The van der Waals surface area contributed by atoms with E-state index < -0.39 is 0 Å². The number of likely N-dealkylation sites (N-methyl/N-ethyl adjacent to an activating group) is 1. The number of aromatic nitrogens is 2. The van der Waals surface area contributed by atoms with Crippen molar-refractivity contribution in [3.8, 4) is 0 Å². The molecule has 19 heavy (non-hydrogen) atoms. The van der Waals surface area contributed by atoms with Crippen molar-refractivity contribution in [3.63, 3.8) is 0 Å². The molecule has 1 aromatic rings. The molecule has 1 aromatic heterocycles. The summed E-state index contributed by atoms with van der Waals surface area (Å²) in [6.07, 6.45) is 2.65. The van der Waals surface area contributed by atoms with Gasteiger partial charge in [0.05, 0.1) is 11.8 Å². The minimum Gasteiger partial charge on any atom is -0.389 e. The van der Waals surface area contributed by atoms with Crippen molar-refractivity contribution in [3.05, 3.63) is 17.8 Å². The van der Waals surface area contributed by atoms with Gasteiger partial charge in [0.25, 0.3) is 0 Å². The number of rotatable bonds is 7. The van der Waals surface area contributed by atoms with Gasteiger partial charge in [-0.3, -0.25) is 0 Å². The molecule has 1 heterocycles. The van der Waals surface area contributed by atoms with Crippen molar-refractivity contribution in [1.82, 2.24) is 15.1 Å². The molecule has 0 aromatic carbocycles. The van der Waals surface area contributed by atoms with E-state index in [0.29, 0.717) is 22.8 Å². The summed E-state index contributed by atoms with van der Waals surface area (Å²) in [5, 5.41) is 11.4. The van der Waals surface area contributed by atoms with Crippen LogP contribution in [0.5, 0.6) is 0 Å². The van der Waals surface area contributed by atoms with Gasteiger partial charge in [0.1, 0.15) is 4.99 Å². The molecule has 0 saturated heterocycles. The molecule has 1 unspecified atom stereocenters. The Morgan fingerprint density at radius 1 is 1.47 bits per heavy atom. The van der Waals surface area contributed by atoms with Gasteiger partial charge in [-0.2, -0.15) is 5.10 Å². The average Bonchev–Trinajstić information content (AvgIpc) is 2.27. The van der Waals surface area contributed by atoms with Gasteiger partial charge in [-0.1, -0.05) is 26.1 Å². The van der Waals surface area contributed by atoms with E-state index in [1.165, 1.54) is 0 Å².